The molecule has 0 bridgehead atoms. The Hall–Kier alpha value is -2.08. The molecule has 0 saturated heterocycles. The molecule has 17 heavy (non-hydrogen) atoms. The Morgan fingerprint density at radius 3 is 1.88 bits per heavy atom. The Balaban J connectivity index is 2.66. The molecular weight excluding hydrogens is 214 g/mol. The van der Waals surface area contributed by atoms with Gasteiger partial charge in [-0.1, -0.05) is 18.1 Å². The first-order valence-corrected chi connectivity index (χ1v) is 5.43. The van der Waals surface area contributed by atoms with Crippen molar-refractivity contribution in [1.82, 2.24) is 4.90 Å². The minimum atomic E-state index is -0.513. The maximum atomic E-state index is 12.2. The van der Waals surface area contributed by atoms with Crippen molar-refractivity contribution in [2.45, 2.75) is 26.8 Å². The Morgan fingerprint density at radius 2 is 1.53 bits per heavy atom. The van der Waals surface area contributed by atoms with Crippen LogP contribution in [0.3, 0.4) is 0 Å². The number of hydrogen-bond acceptors (Lipinski definition) is 2. The van der Waals surface area contributed by atoms with Gasteiger partial charge in [-0.15, -0.1) is 6.42 Å². The van der Waals surface area contributed by atoms with E-state index in [1.54, 1.807) is 6.92 Å². The molecule has 1 aliphatic heterocycles. The van der Waals surface area contributed by atoms with E-state index in [9.17, 15) is 9.59 Å². The molecule has 0 radical (unpaired) electrons. The first kappa shape index (κ1) is 11.4. The average molecular weight is 227 g/mol. The summed E-state index contributed by atoms with van der Waals surface area (Å²) in [4.78, 5) is 25.5. The van der Waals surface area contributed by atoms with Gasteiger partial charge in [0.05, 0.1) is 17.2 Å². The van der Waals surface area contributed by atoms with E-state index < -0.39 is 6.04 Å². The van der Waals surface area contributed by atoms with Crippen molar-refractivity contribution in [1.29, 1.82) is 0 Å². The second kappa shape index (κ2) is 3.74. The third kappa shape index (κ3) is 1.45. The predicted molar refractivity (Wildman–Crippen MR) is 64.7 cm³/mol. The van der Waals surface area contributed by atoms with Gasteiger partial charge in [0.2, 0.25) is 0 Å². The van der Waals surface area contributed by atoms with Gasteiger partial charge in [-0.25, -0.2) is 0 Å². The lowest BCUT2D eigenvalue weighted by Crippen LogP contribution is -2.37. The summed E-state index contributed by atoms with van der Waals surface area (Å²) in [6.07, 6.45) is 5.29. The topological polar surface area (TPSA) is 37.4 Å². The highest BCUT2D eigenvalue weighted by Gasteiger charge is 2.39. The lowest BCUT2D eigenvalue weighted by atomic mass is 9.99. The van der Waals surface area contributed by atoms with Crippen molar-refractivity contribution < 1.29 is 9.59 Å². The van der Waals surface area contributed by atoms with Crippen LogP contribution in [-0.2, 0) is 0 Å². The van der Waals surface area contributed by atoms with Gasteiger partial charge in [0.1, 0.15) is 0 Å². The molecule has 0 saturated carbocycles. The van der Waals surface area contributed by atoms with Crippen LogP contribution in [-0.4, -0.2) is 22.8 Å². The molecule has 1 atom stereocenters. The highest BCUT2D eigenvalue weighted by molar-refractivity contribution is 6.23. The van der Waals surface area contributed by atoms with Gasteiger partial charge >= 0.3 is 0 Å². The van der Waals surface area contributed by atoms with Crippen molar-refractivity contribution in [2.75, 3.05) is 0 Å². The van der Waals surface area contributed by atoms with Crippen LogP contribution in [0.25, 0.3) is 0 Å². The largest absolute Gasteiger partial charge is 0.269 e. The maximum absolute atomic E-state index is 12.2. The van der Waals surface area contributed by atoms with Crippen LogP contribution in [0.4, 0.5) is 0 Å². The molecule has 2 amide bonds. The average Bonchev–Trinajstić information content (AvgIpc) is 2.56. The molecule has 2 rings (SSSR count). The summed E-state index contributed by atoms with van der Waals surface area (Å²) in [6, 6.07) is 3.19. The summed E-state index contributed by atoms with van der Waals surface area (Å²) in [5.74, 6) is 1.86. The number of benzene rings is 1. The number of amides is 2. The fraction of sp³-hybridized carbons (Fsp3) is 0.286. The van der Waals surface area contributed by atoms with E-state index in [4.69, 9.17) is 6.42 Å². The molecule has 1 heterocycles. The van der Waals surface area contributed by atoms with Crippen LogP contribution in [0.2, 0.25) is 0 Å². The Morgan fingerprint density at radius 1 is 1.12 bits per heavy atom. The lowest BCUT2D eigenvalue weighted by Gasteiger charge is -2.17. The van der Waals surface area contributed by atoms with Gasteiger partial charge in [0.25, 0.3) is 11.8 Å². The molecular formula is C14H13NO2. The molecule has 0 N–H and O–H groups in total. The fourth-order valence-corrected chi connectivity index (χ4v) is 2.12. The van der Waals surface area contributed by atoms with Crippen LogP contribution in [0, 0.1) is 26.2 Å². The molecule has 86 valence electrons. The van der Waals surface area contributed by atoms with Crippen LogP contribution in [0.1, 0.15) is 38.8 Å². The van der Waals surface area contributed by atoms with E-state index in [0.717, 1.165) is 16.0 Å². The van der Waals surface area contributed by atoms with E-state index in [-0.39, 0.29) is 11.8 Å². The second-order valence-electron chi connectivity index (χ2n) is 4.27. The quantitative estimate of drug-likeness (QED) is 0.543. The smallest absolute Gasteiger partial charge is 0.262 e. The highest BCUT2D eigenvalue weighted by Crippen LogP contribution is 2.29. The number of rotatable bonds is 1. The van der Waals surface area contributed by atoms with E-state index in [0.29, 0.717) is 11.1 Å². The van der Waals surface area contributed by atoms with E-state index in [1.165, 1.54) is 0 Å². The maximum Gasteiger partial charge on any atom is 0.262 e. The minimum absolute atomic E-state index is 0.281. The highest BCUT2D eigenvalue weighted by atomic mass is 16.2. The van der Waals surface area contributed by atoms with Crippen molar-refractivity contribution in [3.05, 3.63) is 34.4 Å². The monoisotopic (exact) mass is 227 g/mol. The fourth-order valence-electron chi connectivity index (χ4n) is 2.12. The zero-order chi connectivity index (χ0) is 12.7. The zero-order valence-electron chi connectivity index (χ0n) is 10.1. The number of nitrogens with zero attached hydrogens (tertiary/aromatic N) is 1. The summed E-state index contributed by atoms with van der Waals surface area (Å²) >= 11 is 0. The van der Waals surface area contributed by atoms with E-state index >= 15 is 0 Å². The number of fused-ring (bicyclic) bond motifs is 1. The van der Waals surface area contributed by atoms with Gasteiger partial charge in [-0.05, 0) is 31.9 Å². The molecule has 3 heteroatoms. The molecule has 1 aliphatic rings. The minimum Gasteiger partial charge on any atom is -0.269 e. The van der Waals surface area contributed by atoms with E-state index in [1.807, 2.05) is 26.0 Å². The molecule has 3 nitrogen and oxygen atoms in total. The molecule has 1 aromatic rings. The lowest BCUT2D eigenvalue weighted by molar-refractivity contribution is 0.0630. The number of imide groups is 1. The van der Waals surface area contributed by atoms with Gasteiger partial charge in [-0.2, -0.15) is 0 Å². The van der Waals surface area contributed by atoms with Crippen molar-refractivity contribution >= 4 is 11.8 Å². The van der Waals surface area contributed by atoms with Gasteiger partial charge in [0, 0.05) is 0 Å². The number of hydrogen-bond donors (Lipinski definition) is 0. The van der Waals surface area contributed by atoms with Gasteiger partial charge < -0.3 is 0 Å². The summed E-state index contributed by atoms with van der Waals surface area (Å²) in [5.41, 5.74) is 2.63. The standard InChI is InChI=1S/C14H13NO2/c1-5-10(4)15-13(16)11-8(2)6-7-9(3)12(11)14(15)17/h1,6-7,10H,2-4H3. The Labute approximate surface area is 100 Å². The van der Waals surface area contributed by atoms with Crippen molar-refractivity contribution in [3.63, 3.8) is 0 Å². The number of aryl methyl sites for hydroxylation is 2. The normalized spacial score (nSPS) is 15.8. The van der Waals surface area contributed by atoms with E-state index in [2.05, 4.69) is 5.92 Å². The van der Waals surface area contributed by atoms with Crippen molar-refractivity contribution in [2.24, 2.45) is 0 Å². The molecule has 1 unspecified atom stereocenters. The number of carbonyl (C=O) groups is 2. The zero-order valence-corrected chi connectivity index (χ0v) is 10.1. The van der Waals surface area contributed by atoms with Gasteiger partial charge in [0.15, 0.2) is 0 Å². The summed E-state index contributed by atoms with van der Waals surface area (Å²) in [7, 11) is 0. The summed E-state index contributed by atoms with van der Waals surface area (Å²) < 4.78 is 0. The molecule has 0 aliphatic carbocycles. The third-order valence-corrected chi connectivity index (χ3v) is 3.12. The molecule has 0 aromatic heterocycles. The SMILES string of the molecule is C#CC(C)N1C(=O)c2c(C)ccc(C)c2C1=O. The summed E-state index contributed by atoms with van der Waals surface area (Å²) in [6.45, 7) is 5.33. The molecule has 1 aromatic carbocycles. The Kier molecular flexibility index (Phi) is 2.51. The van der Waals surface area contributed by atoms with Crippen LogP contribution >= 0.6 is 0 Å². The Bertz CT molecular complexity index is 525. The van der Waals surface area contributed by atoms with Gasteiger partial charge in [-0.3, -0.25) is 14.5 Å². The second-order valence-corrected chi connectivity index (χ2v) is 4.27. The third-order valence-electron chi connectivity index (χ3n) is 3.12. The van der Waals surface area contributed by atoms with Crippen LogP contribution < -0.4 is 0 Å². The summed E-state index contributed by atoms with van der Waals surface area (Å²) in [5, 5.41) is 0. The first-order chi connectivity index (χ1) is 7.99. The molecule has 0 fully saturated rings. The predicted octanol–water partition coefficient (Wildman–Crippen LogP) is 1.92. The van der Waals surface area contributed by atoms with Crippen molar-refractivity contribution in [3.8, 4) is 12.3 Å². The number of carbonyl (C=O) groups excluding carboxylic acids is 2. The van der Waals surface area contributed by atoms with Crippen LogP contribution in [0.5, 0.6) is 0 Å². The molecule has 0 spiro atoms. The van der Waals surface area contributed by atoms with Crippen LogP contribution in [0.15, 0.2) is 12.1 Å². The number of terminal acetylenes is 1. The first-order valence-electron chi connectivity index (χ1n) is 5.43.